The van der Waals surface area contributed by atoms with Gasteiger partial charge >= 0.3 is 0 Å². The Morgan fingerprint density at radius 1 is 1.12 bits per heavy atom. The highest BCUT2D eigenvalue weighted by Gasteiger charge is 2.00. The molecule has 0 aromatic carbocycles. The van der Waals surface area contributed by atoms with E-state index >= 15 is 0 Å². The van der Waals surface area contributed by atoms with E-state index in [9.17, 15) is 0 Å². The lowest BCUT2D eigenvalue weighted by Gasteiger charge is -2.12. The number of aliphatic imine (C=N–C) groups is 1. The van der Waals surface area contributed by atoms with E-state index in [1.807, 2.05) is 36.8 Å². The Morgan fingerprint density at radius 2 is 2.00 bits per heavy atom. The Labute approximate surface area is 161 Å². The molecule has 0 amide bonds. The summed E-state index contributed by atoms with van der Waals surface area (Å²) in [6.07, 6.45) is 7.37. The number of aromatic nitrogens is 2. The molecule has 2 aromatic rings. The molecule has 0 aliphatic heterocycles. The van der Waals surface area contributed by atoms with Crippen LogP contribution in [0.1, 0.15) is 23.7 Å². The van der Waals surface area contributed by atoms with Gasteiger partial charge in [0.1, 0.15) is 0 Å². The Bertz CT molecular complexity index is 616. The number of halogens is 1. The van der Waals surface area contributed by atoms with Gasteiger partial charge in [0.05, 0.1) is 0 Å². The third-order valence-electron chi connectivity index (χ3n) is 3.53. The first-order chi connectivity index (χ1) is 11.3. The maximum absolute atomic E-state index is 4.60. The topological polar surface area (TPSA) is 62.2 Å². The second kappa shape index (κ2) is 11.8. The Balaban J connectivity index is 0.00000288. The minimum Gasteiger partial charge on any atom is -0.357 e. The fourth-order valence-electron chi connectivity index (χ4n) is 2.27. The number of hydrogen-bond acceptors (Lipinski definition) is 3. The predicted octanol–water partition coefficient (Wildman–Crippen LogP) is 2.74. The maximum atomic E-state index is 4.60. The van der Waals surface area contributed by atoms with Crippen LogP contribution in [0.3, 0.4) is 0 Å². The second-order valence-corrected chi connectivity index (χ2v) is 5.31. The molecule has 24 heavy (non-hydrogen) atoms. The van der Waals surface area contributed by atoms with Crippen molar-refractivity contribution < 1.29 is 0 Å². The van der Waals surface area contributed by atoms with Crippen molar-refractivity contribution in [2.24, 2.45) is 4.99 Å². The van der Waals surface area contributed by atoms with E-state index in [0.717, 1.165) is 44.1 Å². The van der Waals surface area contributed by atoms with Crippen molar-refractivity contribution in [3.63, 3.8) is 0 Å². The first kappa shape index (κ1) is 20.3. The molecule has 5 nitrogen and oxygen atoms in total. The van der Waals surface area contributed by atoms with Gasteiger partial charge in [-0.2, -0.15) is 0 Å². The van der Waals surface area contributed by atoms with Crippen molar-refractivity contribution in [3.8, 4) is 0 Å². The van der Waals surface area contributed by atoms with Crippen molar-refractivity contribution in [2.45, 2.75) is 26.7 Å². The van der Waals surface area contributed by atoms with Crippen LogP contribution >= 0.6 is 24.0 Å². The molecule has 0 radical (unpaired) electrons. The third kappa shape index (κ3) is 7.25. The lowest BCUT2D eigenvalue weighted by Crippen LogP contribution is -2.38. The molecule has 130 valence electrons. The molecule has 2 rings (SSSR count). The summed E-state index contributed by atoms with van der Waals surface area (Å²) in [5.41, 5.74) is 3.61. The number of guanidine groups is 1. The highest BCUT2D eigenvalue weighted by Crippen LogP contribution is 2.04. The van der Waals surface area contributed by atoms with Crippen molar-refractivity contribution in [3.05, 3.63) is 59.7 Å². The molecule has 0 aliphatic rings. The van der Waals surface area contributed by atoms with Crippen molar-refractivity contribution in [2.75, 3.05) is 19.6 Å². The maximum Gasteiger partial charge on any atom is 0.191 e. The standard InChI is InChI=1S/C18H25N5.HI/c1-3-20-18(23-13-9-17-6-4-5-10-21-17)22-12-8-16-7-11-19-14-15(16)2;/h4-7,10-11,14H,3,8-9,12-13H2,1-2H3,(H2,20,22,23);1H. The van der Waals surface area contributed by atoms with Gasteiger partial charge in [0.25, 0.3) is 0 Å². The minimum absolute atomic E-state index is 0. The lowest BCUT2D eigenvalue weighted by molar-refractivity contribution is 0.791. The highest BCUT2D eigenvalue weighted by atomic mass is 127. The monoisotopic (exact) mass is 439 g/mol. The zero-order valence-electron chi connectivity index (χ0n) is 14.3. The zero-order valence-corrected chi connectivity index (χ0v) is 16.7. The Morgan fingerprint density at radius 3 is 2.71 bits per heavy atom. The van der Waals surface area contributed by atoms with Crippen molar-refractivity contribution >= 4 is 29.9 Å². The zero-order chi connectivity index (χ0) is 16.3. The predicted molar refractivity (Wildman–Crippen MR) is 110 cm³/mol. The third-order valence-corrected chi connectivity index (χ3v) is 3.53. The first-order valence-corrected chi connectivity index (χ1v) is 8.11. The summed E-state index contributed by atoms with van der Waals surface area (Å²) in [7, 11) is 0. The molecule has 0 unspecified atom stereocenters. The molecular weight excluding hydrogens is 413 g/mol. The van der Waals surface area contributed by atoms with Gasteiger partial charge < -0.3 is 10.6 Å². The summed E-state index contributed by atoms with van der Waals surface area (Å²) in [6.45, 7) is 6.59. The summed E-state index contributed by atoms with van der Waals surface area (Å²) in [5.74, 6) is 0.857. The summed E-state index contributed by atoms with van der Waals surface area (Å²) in [6, 6.07) is 8.04. The van der Waals surface area contributed by atoms with E-state index in [2.05, 4.69) is 45.5 Å². The normalized spacial score (nSPS) is 10.8. The van der Waals surface area contributed by atoms with Gasteiger partial charge in [-0.1, -0.05) is 6.07 Å². The van der Waals surface area contributed by atoms with Crippen LogP contribution < -0.4 is 10.6 Å². The van der Waals surface area contributed by atoms with Crippen LogP contribution in [-0.4, -0.2) is 35.6 Å². The number of nitrogens with zero attached hydrogens (tertiary/aromatic N) is 3. The molecule has 2 heterocycles. The van der Waals surface area contributed by atoms with Crippen LogP contribution in [-0.2, 0) is 12.8 Å². The first-order valence-electron chi connectivity index (χ1n) is 8.11. The van der Waals surface area contributed by atoms with E-state index in [1.165, 1.54) is 11.1 Å². The molecule has 6 heteroatoms. The average Bonchev–Trinajstić information content (AvgIpc) is 2.57. The number of nitrogens with one attached hydrogen (secondary N) is 2. The fraction of sp³-hybridized carbons (Fsp3) is 0.389. The molecule has 0 spiro atoms. The van der Waals surface area contributed by atoms with Crippen molar-refractivity contribution in [1.82, 2.24) is 20.6 Å². The van der Waals surface area contributed by atoms with Gasteiger partial charge in [-0.15, -0.1) is 24.0 Å². The van der Waals surface area contributed by atoms with Gasteiger partial charge in [-0.05, 0) is 49.6 Å². The molecule has 0 saturated carbocycles. The number of pyridine rings is 2. The van der Waals surface area contributed by atoms with Crippen LogP contribution in [0.15, 0.2) is 47.8 Å². The number of hydrogen-bond donors (Lipinski definition) is 2. The lowest BCUT2D eigenvalue weighted by atomic mass is 10.1. The van der Waals surface area contributed by atoms with Gasteiger partial charge in [0.15, 0.2) is 5.96 Å². The second-order valence-electron chi connectivity index (χ2n) is 5.31. The Hall–Kier alpha value is -1.70. The quantitative estimate of drug-likeness (QED) is 0.396. The number of aryl methyl sites for hydroxylation is 1. The fourth-order valence-corrected chi connectivity index (χ4v) is 2.27. The van der Waals surface area contributed by atoms with Crippen LogP contribution in [0.4, 0.5) is 0 Å². The van der Waals surface area contributed by atoms with E-state index in [4.69, 9.17) is 0 Å². The van der Waals surface area contributed by atoms with Crippen LogP contribution in [0.5, 0.6) is 0 Å². The van der Waals surface area contributed by atoms with E-state index < -0.39 is 0 Å². The summed E-state index contributed by atoms with van der Waals surface area (Å²) in [4.78, 5) is 13.0. The molecule has 0 fully saturated rings. The molecule has 2 aromatic heterocycles. The SMILES string of the molecule is CCNC(=NCCc1ccccn1)NCCc1ccncc1C.I. The van der Waals surface area contributed by atoms with Gasteiger partial charge in [-0.25, -0.2) is 0 Å². The van der Waals surface area contributed by atoms with Crippen LogP contribution in [0, 0.1) is 6.92 Å². The molecule has 0 atom stereocenters. The van der Waals surface area contributed by atoms with E-state index in [-0.39, 0.29) is 24.0 Å². The largest absolute Gasteiger partial charge is 0.357 e. The van der Waals surface area contributed by atoms with Gasteiger partial charge in [-0.3, -0.25) is 15.0 Å². The Kier molecular flexibility index (Phi) is 9.98. The molecule has 0 bridgehead atoms. The van der Waals surface area contributed by atoms with E-state index in [1.54, 1.807) is 0 Å². The molecular formula is C18H26IN5. The smallest absolute Gasteiger partial charge is 0.191 e. The number of rotatable bonds is 7. The van der Waals surface area contributed by atoms with E-state index in [0.29, 0.717) is 0 Å². The summed E-state index contributed by atoms with van der Waals surface area (Å²) >= 11 is 0. The minimum atomic E-state index is 0. The van der Waals surface area contributed by atoms with Gasteiger partial charge in [0.2, 0.25) is 0 Å². The van der Waals surface area contributed by atoms with Crippen LogP contribution in [0.2, 0.25) is 0 Å². The molecule has 0 saturated heterocycles. The summed E-state index contributed by atoms with van der Waals surface area (Å²) < 4.78 is 0. The molecule has 0 aliphatic carbocycles. The summed E-state index contributed by atoms with van der Waals surface area (Å²) in [5, 5.41) is 6.66. The highest BCUT2D eigenvalue weighted by molar-refractivity contribution is 14.0. The van der Waals surface area contributed by atoms with Crippen LogP contribution in [0.25, 0.3) is 0 Å². The molecule has 2 N–H and O–H groups in total. The van der Waals surface area contributed by atoms with Crippen molar-refractivity contribution in [1.29, 1.82) is 0 Å². The average molecular weight is 439 g/mol. The van der Waals surface area contributed by atoms with Gasteiger partial charge in [0, 0.05) is 50.3 Å².